The van der Waals surface area contributed by atoms with Gasteiger partial charge in [-0.15, -0.1) is 0 Å². The summed E-state index contributed by atoms with van der Waals surface area (Å²) in [6.07, 6.45) is 1.04. The molecule has 0 bridgehead atoms. The molecular formula is C14H21N3O4S. The Balaban J connectivity index is 3.12. The number of hydrogen-bond acceptors (Lipinski definition) is 4. The molecule has 0 saturated carbocycles. The normalized spacial score (nSPS) is 11.0. The molecule has 0 unspecified atom stereocenters. The van der Waals surface area contributed by atoms with Crippen LogP contribution in [0.25, 0.3) is 0 Å². The molecule has 8 heteroatoms. The van der Waals surface area contributed by atoms with Gasteiger partial charge in [-0.1, -0.05) is 0 Å². The van der Waals surface area contributed by atoms with E-state index in [1.165, 1.54) is 34.1 Å². The number of hydrogen-bond donors (Lipinski definition) is 0. The molecule has 0 heterocycles. The highest BCUT2D eigenvalue weighted by Gasteiger charge is 2.22. The zero-order chi connectivity index (χ0) is 17.1. The number of benzene rings is 1. The minimum absolute atomic E-state index is 0.179. The molecular weight excluding hydrogens is 306 g/mol. The van der Waals surface area contributed by atoms with Crippen LogP contribution in [0.3, 0.4) is 0 Å². The first-order chi connectivity index (χ1) is 10.0. The number of sulfonamides is 1. The molecule has 0 spiro atoms. The predicted molar refractivity (Wildman–Crippen MR) is 85.3 cm³/mol. The average molecular weight is 327 g/mol. The van der Waals surface area contributed by atoms with Gasteiger partial charge < -0.3 is 9.80 Å². The predicted octanol–water partition coefficient (Wildman–Crippen LogP) is 0.243. The second kappa shape index (κ2) is 6.78. The van der Waals surface area contributed by atoms with E-state index >= 15 is 0 Å². The first-order valence-corrected chi connectivity index (χ1v) is 8.38. The molecule has 7 nitrogen and oxygen atoms in total. The molecule has 0 aromatic heterocycles. The van der Waals surface area contributed by atoms with Gasteiger partial charge in [0.05, 0.1) is 11.9 Å². The van der Waals surface area contributed by atoms with Crippen molar-refractivity contribution in [2.24, 2.45) is 0 Å². The topological polar surface area (TPSA) is 78.0 Å². The molecule has 1 aromatic rings. The standard InChI is InChI=1S/C14H21N3O4S/c1-15(2)13(18)10-17(22(5,20)21)12-8-6-11(7-9-12)14(19)16(3)4/h6-9H,10H2,1-5H3. The Labute approximate surface area is 131 Å². The molecule has 0 aliphatic heterocycles. The Kier molecular flexibility index (Phi) is 5.54. The van der Waals surface area contributed by atoms with Crippen LogP contribution in [0.5, 0.6) is 0 Å². The second-order valence-electron chi connectivity index (χ2n) is 5.30. The Morgan fingerprint density at radius 3 is 1.82 bits per heavy atom. The molecule has 0 aliphatic rings. The molecule has 1 aromatic carbocycles. The van der Waals surface area contributed by atoms with E-state index in [9.17, 15) is 18.0 Å². The summed E-state index contributed by atoms with van der Waals surface area (Å²) in [6.45, 7) is -0.285. The minimum Gasteiger partial charge on any atom is -0.347 e. The van der Waals surface area contributed by atoms with Crippen LogP contribution in [0.15, 0.2) is 24.3 Å². The van der Waals surface area contributed by atoms with E-state index in [4.69, 9.17) is 0 Å². The zero-order valence-electron chi connectivity index (χ0n) is 13.4. The van der Waals surface area contributed by atoms with Crippen molar-refractivity contribution >= 4 is 27.5 Å². The Hall–Kier alpha value is -2.09. The summed E-state index contributed by atoms with van der Waals surface area (Å²) in [7, 11) is 2.78. The van der Waals surface area contributed by atoms with Crippen molar-refractivity contribution in [1.82, 2.24) is 9.80 Å². The van der Waals surface area contributed by atoms with E-state index in [2.05, 4.69) is 0 Å². The fourth-order valence-electron chi connectivity index (χ4n) is 1.69. The van der Waals surface area contributed by atoms with Gasteiger partial charge in [0.25, 0.3) is 5.91 Å². The third-order valence-electron chi connectivity index (χ3n) is 2.99. The SMILES string of the molecule is CN(C)C(=O)CN(c1ccc(C(=O)N(C)C)cc1)S(C)(=O)=O. The van der Waals surface area contributed by atoms with Crippen molar-refractivity contribution in [1.29, 1.82) is 0 Å². The monoisotopic (exact) mass is 327 g/mol. The highest BCUT2D eigenvalue weighted by Crippen LogP contribution is 2.19. The van der Waals surface area contributed by atoms with E-state index in [1.54, 1.807) is 28.2 Å². The molecule has 2 amide bonds. The van der Waals surface area contributed by atoms with Crippen molar-refractivity contribution in [3.05, 3.63) is 29.8 Å². The lowest BCUT2D eigenvalue weighted by molar-refractivity contribution is -0.127. The number of anilines is 1. The maximum atomic E-state index is 11.9. The van der Waals surface area contributed by atoms with Crippen LogP contribution in [-0.2, 0) is 14.8 Å². The number of amides is 2. The van der Waals surface area contributed by atoms with Crippen LogP contribution in [0, 0.1) is 0 Å². The van der Waals surface area contributed by atoms with E-state index < -0.39 is 10.0 Å². The Morgan fingerprint density at radius 2 is 1.45 bits per heavy atom. The van der Waals surface area contributed by atoms with Crippen LogP contribution < -0.4 is 4.31 Å². The summed E-state index contributed by atoms with van der Waals surface area (Å²) in [5, 5.41) is 0. The van der Waals surface area contributed by atoms with Crippen molar-refractivity contribution in [3.63, 3.8) is 0 Å². The molecule has 1 rings (SSSR count). The van der Waals surface area contributed by atoms with Gasteiger partial charge in [0.2, 0.25) is 15.9 Å². The largest absolute Gasteiger partial charge is 0.347 e. The first kappa shape index (κ1) is 18.0. The fraction of sp³-hybridized carbons (Fsp3) is 0.429. The van der Waals surface area contributed by atoms with E-state index in [0.717, 1.165) is 10.6 Å². The molecule has 122 valence electrons. The number of rotatable bonds is 5. The van der Waals surface area contributed by atoms with Gasteiger partial charge in [-0.2, -0.15) is 0 Å². The van der Waals surface area contributed by atoms with Crippen LogP contribution in [-0.4, -0.2) is 71.0 Å². The van der Waals surface area contributed by atoms with Crippen LogP contribution in [0.1, 0.15) is 10.4 Å². The van der Waals surface area contributed by atoms with Crippen LogP contribution in [0.2, 0.25) is 0 Å². The summed E-state index contributed by atoms with van der Waals surface area (Å²) < 4.78 is 24.8. The Morgan fingerprint density at radius 1 is 0.955 bits per heavy atom. The lowest BCUT2D eigenvalue weighted by atomic mass is 10.2. The summed E-state index contributed by atoms with van der Waals surface area (Å²) in [5.74, 6) is -0.513. The quantitative estimate of drug-likeness (QED) is 0.776. The van der Waals surface area contributed by atoms with Gasteiger partial charge in [0.15, 0.2) is 0 Å². The van der Waals surface area contributed by atoms with E-state index in [0.29, 0.717) is 11.3 Å². The first-order valence-electron chi connectivity index (χ1n) is 6.53. The summed E-state index contributed by atoms with van der Waals surface area (Å²) in [5.41, 5.74) is 0.786. The zero-order valence-corrected chi connectivity index (χ0v) is 14.2. The van der Waals surface area contributed by atoms with Crippen molar-refractivity contribution in [2.45, 2.75) is 0 Å². The summed E-state index contributed by atoms with van der Waals surface area (Å²) in [6, 6.07) is 6.10. The third-order valence-corrected chi connectivity index (χ3v) is 4.13. The Bertz CT molecular complexity index is 651. The van der Waals surface area contributed by atoms with Gasteiger partial charge in [0, 0.05) is 33.8 Å². The second-order valence-corrected chi connectivity index (χ2v) is 7.21. The van der Waals surface area contributed by atoms with Gasteiger partial charge >= 0.3 is 0 Å². The molecule has 0 fully saturated rings. The van der Waals surface area contributed by atoms with Crippen molar-refractivity contribution < 1.29 is 18.0 Å². The number of nitrogens with zero attached hydrogens (tertiary/aromatic N) is 3. The highest BCUT2D eigenvalue weighted by molar-refractivity contribution is 7.92. The van der Waals surface area contributed by atoms with Crippen LogP contribution >= 0.6 is 0 Å². The number of carbonyl (C=O) groups excluding carboxylic acids is 2. The third kappa shape index (κ3) is 4.45. The molecule has 22 heavy (non-hydrogen) atoms. The summed E-state index contributed by atoms with van der Waals surface area (Å²) in [4.78, 5) is 26.4. The number of likely N-dealkylation sites (N-methyl/N-ethyl adjacent to an activating group) is 1. The average Bonchev–Trinajstić information content (AvgIpc) is 2.42. The lowest BCUT2D eigenvalue weighted by Gasteiger charge is -2.23. The van der Waals surface area contributed by atoms with Crippen LogP contribution in [0.4, 0.5) is 5.69 Å². The fourth-order valence-corrected chi connectivity index (χ4v) is 2.54. The summed E-state index contributed by atoms with van der Waals surface area (Å²) >= 11 is 0. The van der Waals surface area contributed by atoms with Gasteiger partial charge in [-0.05, 0) is 24.3 Å². The van der Waals surface area contributed by atoms with Gasteiger partial charge in [-0.3, -0.25) is 13.9 Å². The number of carbonyl (C=O) groups is 2. The maximum absolute atomic E-state index is 11.9. The van der Waals surface area contributed by atoms with Crippen molar-refractivity contribution in [3.8, 4) is 0 Å². The molecule has 0 radical (unpaired) electrons. The smallest absolute Gasteiger partial charge is 0.253 e. The van der Waals surface area contributed by atoms with E-state index in [-0.39, 0.29) is 18.4 Å². The van der Waals surface area contributed by atoms with E-state index in [1.807, 2.05) is 0 Å². The molecule has 0 aliphatic carbocycles. The van der Waals surface area contributed by atoms with Gasteiger partial charge in [-0.25, -0.2) is 8.42 Å². The molecule has 0 atom stereocenters. The highest BCUT2D eigenvalue weighted by atomic mass is 32.2. The van der Waals surface area contributed by atoms with Gasteiger partial charge in [0.1, 0.15) is 6.54 Å². The minimum atomic E-state index is -3.61. The molecule has 0 N–H and O–H groups in total. The van der Waals surface area contributed by atoms with Crippen molar-refractivity contribution in [2.75, 3.05) is 45.3 Å². The lowest BCUT2D eigenvalue weighted by Crippen LogP contribution is -2.39. The molecule has 0 saturated heterocycles. The maximum Gasteiger partial charge on any atom is 0.253 e.